The van der Waals surface area contributed by atoms with Crippen LogP contribution in [-0.2, 0) is 6.18 Å². The molecular weight excluding hydrogens is 255 g/mol. The molecule has 0 aliphatic carbocycles. The number of halogens is 4. The molecule has 0 N–H and O–H groups in total. The van der Waals surface area contributed by atoms with Crippen molar-refractivity contribution in [1.29, 1.82) is 5.26 Å². The number of hydrogen-bond donors (Lipinski definition) is 0. The van der Waals surface area contributed by atoms with Gasteiger partial charge in [0.15, 0.2) is 0 Å². The SMILES string of the molecule is N#Cc1ccc(OCCCCl)c(C(F)(F)F)c1. The largest absolute Gasteiger partial charge is 0.493 e. The molecule has 0 radical (unpaired) electrons. The average molecular weight is 264 g/mol. The van der Waals surface area contributed by atoms with E-state index in [1.165, 1.54) is 6.07 Å². The van der Waals surface area contributed by atoms with E-state index in [1.54, 1.807) is 6.07 Å². The predicted molar refractivity (Wildman–Crippen MR) is 57.0 cm³/mol. The van der Waals surface area contributed by atoms with Crippen LogP contribution in [0.3, 0.4) is 0 Å². The molecular formula is C11H9ClF3NO. The second kappa shape index (κ2) is 5.78. The number of nitrogens with zero attached hydrogens (tertiary/aromatic N) is 1. The minimum atomic E-state index is -4.54. The molecule has 0 saturated carbocycles. The van der Waals surface area contributed by atoms with E-state index >= 15 is 0 Å². The summed E-state index contributed by atoms with van der Waals surface area (Å²) in [5.74, 6) is 0.0408. The zero-order valence-electron chi connectivity index (χ0n) is 8.72. The Morgan fingerprint density at radius 1 is 1.35 bits per heavy atom. The second-order valence-corrected chi connectivity index (χ2v) is 3.59. The first-order chi connectivity index (χ1) is 7.99. The van der Waals surface area contributed by atoms with Crippen molar-refractivity contribution in [2.75, 3.05) is 12.5 Å². The quantitative estimate of drug-likeness (QED) is 0.614. The molecule has 0 bridgehead atoms. The van der Waals surface area contributed by atoms with Crippen LogP contribution in [0.4, 0.5) is 13.2 Å². The first kappa shape index (κ1) is 13.7. The number of rotatable bonds is 4. The number of alkyl halides is 4. The van der Waals surface area contributed by atoms with Gasteiger partial charge in [-0.25, -0.2) is 0 Å². The fourth-order valence-electron chi connectivity index (χ4n) is 1.18. The third kappa shape index (κ3) is 3.82. The van der Waals surface area contributed by atoms with Crippen LogP contribution < -0.4 is 4.74 Å². The molecule has 0 fully saturated rings. The summed E-state index contributed by atoms with van der Waals surface area (Å²) >= 11 is 5.40. The summed E-state index contributed by atoms with van der Waals surface area (Å²) in [5.41, 5.74) is -0.992. The lowest BCUT2D eigenvalue weighted by Crippen LogP contribution is -2.10. The Morgan fingerprint density at radius 3 is 2.59 bits per heavy atom. The van der Waals surface area contributed by atoms with Gasteiger partial charge in [0, 0.05) is 5.88 Å². The molecule has 0 unspecified atom stereocenters. The van der Waals surface area contributed by atoms with Crippen LogP contribution in [0.5, 0.6) is 5.75 Å². The Balaban J connectivity index is 3.00. The smallest absolute Gasteiger partial charge is 0.420 e. The lowest BCUT2D eigenvalue weighted by molar-refractivity contribution is -0.139. The molecule has 6 heteroatoms. The second-order valence-electron chi connectivity index (χ2n) is 3.21. The number of ether oxygens (including phenoxy) is 1. The molecule has 0 saturated heterocycles. The molecule has 0 aliphatic rings. The normalized spacial score (nSPS) is 11.0. The van der Waals surface area contributed by atoms with Gasteiger partial charge in [-0.1, -0.05) is 0 Å². The van der Waals surface area contributed by atoms with Crippen LogP contribution >= 0.6 is 11.6 Å². The maximum absolute atomic E-state index is 12.7. The summed E-state index contributed by atoms with van der Waals surface area (Å²) in [7, 11) is 0. The molecule has 1 aromatic rings. The first-order valence-corrected chi connectivity index (χ1v) is 5.32. The van der Waals surface area contributed by atoms with Crippen molar-refractivity contribution in [3.63, 3.8) is 0 Å². The minimum Gasteiger partial charge on any atom is -0.493 e. The summed E-state index contributed by atoms with van der Waals surface area (Å²) in [6.07, 6.45) is -4.08. The summed E-state index contributed by atoms with van der Waals surface area (Å²) < 4.78 is 43.0. The molecule has 0 aromatic heterocycles. The van der Waals surface area contributed by atoms with Crippen molar-refractivity contribution >= 4 is 11.6 Å². The van der Waals surface area contributed by atoms with Crippen molar-refractivity contribution < 1.29 is 17.9 Å². The van der Waals surface area contributed by atoms with Gasteiger partial charge < -0.3 is 4.74 Å². The van der Waals surface area contributed by atoms with Gasteiger partial charge in [0.1, 0.15) is 5.75 Å². The van der Waals surface area contributed by atoms with E-state index < -0.39 is 11.7 Å². The Bertz CT molecular complexity index is 426. The topological polar surface area (TPSA) is 33.0 Å². The van der Waals surface area contributed by atoms with Crippen molar-refractivity contribution in [3.8, 4) is 11.8 Å². The highest BCUT2D eigenvalue weighted by Crippen LogP contribution is 2.36. The Hall–Kier alpha value is -1.41. The van der Waals surface area contributed by atoms with Gasteiger partial charge in [-0.15, -0.1) is 11.6 Å². The zero-order valence-corrected chi connectivity index (χ0v) is 9.48. The highest BCUT2D eigenvalue weighted by Gasteiger charge is 2.34. The highest BCUT2D eigenvalue weighted by atomic mass is 35.5. The Labute approximate surface area is 102 Å². The molecule has 2 nitrogen and oxygen atoms in total. The van der Waals surface area contributed by atoms with E-state index in [1.807, 2.05) is 0 Å². The maximum atomic E-state index is 12.7. The van der Waals surface area contributed by atoms with Crippen LogP contribution in [0.15, 0.2) is 18.2 Å². The summed E-state index contributed by atoms with van der Waals surface area (Å²) in [6, 6.07) is 4.86. The molecule has 0 atom stereocenters. The highest BCUT2D eigenvalue weighted by molar-refractivity contribution is 6.17. The molecule has 92 valence electrons. The van der Waals surface area contributed by atoms with Crippen LogP contribution in [0, 0.1) is 11.3 Å². The Kier molecular flexibility index (Phi) is 4.64. The minimum absolute atomic E-state index is 0.0537. The number of hydrogen-bond acceptors (Lipinski definition) is 2. The van der Waals surface area contributed by atoms with E-state index in [0.29, 0.717) is 12.3 Å². The number of benzene rings is 1. The molecule has 0 aliphatic heterocycles. The average Bonchev–Trinajstić information content (AvgIpc) is 2.28. The maximum Gasteiger partial charge on any atom is 0.420 e. The van der Waals surface area contributed by atoms with E-state index in [2.05, 4.69) is 0 Å². The van der Waals surface area contributed by atoms with Gasteiger partial charge in [0.05, 0.1) is 23.8 Å². The van der Waals surface area contributed by atoms with Crippen LogP contribution in [0.25, 0.3) is 0 Å². The summed E-state index contributed by atoms with van der Waals surface area (Å²) in [5, 5.41) is 8.56. The van der Waals surface area contributed by atoms with Gasteiger partial charge in [-0.3, -0.25) is 0 Å². The monoisotopic (exact) mass is 263 g/mol. The van der Waals surface area contributed by atoms with Crippen molar-refractivity contribution in [2.24, 2.45) is 0 Å². The molecule has 0 heterocycles. The standard InChI is InChI=1S/C11H9ClF3NO/c12-4-1-5-17-10-3-2-8(7-16)6-9(10)11(13,14)15/h2-3,6H,1,4-5H2. The lowest BCUT2D eigenvalue weighted by atomic mass is 10.1. The molecule has 0 amide bonds. The molecule has 0 spiro atoms. The van der Waals surface area contributed by atoms with Gasteiger partial charge in [0.2, 0.25) is 0 Å². The van der Waals surface area contributed by atoms with Gasteiger partial charge in [-0.05, 0) is 24.6 Å². The Morgan fingerprint density at radius 2 is 2.06 bits per heavy atom. The third-order valence-corrected chi connectivity index (χ3v) is 2.22. The number of nitriles is 1. The van der Waals surface area contributed by atoms with Crippen LogP contribution in [0.1, 0.15) is 17.5 Å². The van der Waals surface area contributed by atoms with Gasteiger partial charge >= 0.3 is 6.18 Å². The van der Waals surface area contributed by atoms with E-state index in [9.17, 15) is 13.2 Å². The molecule has 17 heavy (non-hydrogen) atoms. The molecule has 1 rings (SSSR count). The van der Waals surface area contributed by atoms with Crippen molar-refractivity contribution in [1.82, 2.24) is 0 Å². The van der Waals surface area contributed by atoms with Crippen molar-refractivity contribution in [3.05, 3.63) is 29.3 Å². The predicted octanol–water partition coefficient (Wildman–Crippen LogP) is 3.58. The summed E-state index contributed by atoms with van der Waals surface area (Å²) in [6.45, 7) is 0.110. The zero-order chi connectivity index (χ0) is 12.9. The summed E-state index contributed by atoms with van der Waals surface area (Å²) in [4.78, 5) is 0. The third-order valence-electron chi connectivity index (χ3n) is 1.95. The lowest BCUT2D eigenvalue weighted by Gasteiger charge is -2.13. The van der Waals surface area contributed by atoms with E-state index in [-0.39, 0.29) is 17.9 Å². The molecule has 1 aromatic carbocycles. The van der Waals surface area contributed by atoms with Gasteiger partial charge in [-0.2, -0.15) is 18.4 Å². The van der Waals surface area contributed by atoms with E-state index in [4.69, 9.17) is 21.6 Å². The van der Waals surface area contributed by atoms with Crippen LogP contribution in [-0.4, -0.2) is 12.5 Å². The van der Waals surface area contributed by atoms with Crippen LogP contribution in [0.2, 0.25) is 0 Å². The first-order valence-electron chi connectivity index (χ1n) is 4.79. The fraction of sp³-hybridized carbons (Fsp3) is 0.364. The van der Waals surface area contributed by atoms with Crippen molar-refractivity contribution in [2.45, 2.75) is 12.6 Å². The van der Waals surface area contributed by atoms with E-state index in [0.717, 1.165) is 12.1 Å². The fourth-order valence-corrected chi connectivity index (χ4v) is 1.29. The van der Waals surface area contributed by atoms with Gasteiger partial charge in [0.25, 0.3) is 0 Å².